The van der Waals surface area contributed by atoms with E-state index in [0.717, 1.165) is 33.1 Å². The Morgan fingerprint density at radius 2 is 1.68 bits per heavy atom. The zero-order valence-corrected chi connectivity index (χ0v) is 12.5. The van der Waals surface area contributed by atoms with Gasteiger partial charge < -0.3 is 0 Å². The summed E-state index contributed by atoms with van der Waals surface area (Å²) in [6.07, 6.45) is 5.57. The number of aromatic nitrogens is 3. The van der Waals surface area contributed by atoms with E-state index in [2.05, 4.69) is 48.1 Å². The fourth-order valence-corrected chi connectivity index (χ4v) is 2.68. The highest BCUT2D eigenvalue weighted by Gasteiger charge is 2.07. The summed E-state index contributed by atoms with van der Waals surface area (Å²) in [5.74, 6) is 0.764. The van der Waals surface area contributed by atoms with Crippen molar-refractivity contribution in [2.75, 3.05) is 0 Å². The number of rotatable bonds is 1. The van der Waals surface area contributed by atoms with E-state index < -0.39 is 0 Å². The molecule has 0 bridgehead atoms. The first-order valence-corrected chi connectivity index (χ1v) is 7.29. The summed E-state index contributed by atoms with van der Waals surface area (Å²) in [5.41, 5.74) is 4.56. The van der Waals surface area contributed by atoms with E-state index in [-0.39, 0.29) is 0 Å². The summed E-state index contributed by atoms with van der Waals surface area (Å²) in [6, 6.07) is 12.5. The predicted molar refractivity (Wildman–Crippen MR) is 89.7 cm³/mol. The molecule has 0 radical (unpaired) electrons. The minimum atomic E-state index is 0.764. The van der Waals surface area contributed by atoms with Crippen LogP contribution >= 0.6 is 0 Å². The molecule has 0 amide bonds. The lowest BCUT2D eigenvalue weighted by Gasteiger charge is -2.07. The molecule has 0 N–H and O–H groups in total. The topological polar surface area (TPSA) is 38.7 Å². The third-order valence-corrected chi connectivity index (χ3v) is 4.13. The van der Waals surface area contributed by atoms with Crippen molar-refractivity contribution in [3.63, 3.8) is 0 Å². The Balaban J connectivity index is 1.99. The summed E-state index contributed by atoms with van der Waals surface area (Å²) < 4.78 is 0. The van der Waals surface area contributed by atoms with E-state index in [4.69, 9.17) is 4.98 Å². The maximum Gasteiger partial charge on any atom is 0.159 e. The van der Waals surface area contributed by atoms with Crippen LogP contribution in [0.4, 0.5) is 0 Å². The first-order valence-electron chi connectivity index (χ1n) is 7.29. The van der Waals surface area contributed by atoms with Gasteiger partial charge in [0.25, 0.3) is 0 Å². The van der Waals surface area contributed by atoms with Crippen molar-refractivity contribution in [3.05, 3.63) is 66.1 Å². The molecule has 3 heteroatoms. The molecule has 4 aromatic rings. The Bertz CT molecular complexity index is 1010. The molecule has 2 aromatic carbocycles. The van der Waals surface area contributed by atoms with Crippen LogP contribution in [0.3, 0.4) is 0 Å². The normalized spacial score (nSPS) is 11.2. The zero-order valence-electron chi connectivity index (χ0n) is 12.5. The van der Waals surface area contributed by atoms with Gasteiger partial charge in [-0.2, -0.15) is 0 Å². The molecule has 0 aliphatic carbocycles. The van der Waals surface area contributed by atoms with E-state index in [1.807, 2.05) is 24.5 Å². The third-order valence-electron chi connectivity index (χ3n) is 4.13. The largest absolute Gasteiger partial charge is 0.264 e. The lowest BCUT2D eigenvalue weighted by molar-refractivity contribution is 1.22. The summed E-state index contributed by atoms with van der Waals surface area (Å²) in [4.78, 5) is 13.5. The molecule has 0 atom stereocenters. The van der Waals surface area contributed by atoms with Gasteiger partial charge in [-0.15, -0.1) is 0 Å². The average molecular weight is 285 g/mol. The summed E-state index contributed by atoms with van der Waals surface area (Å²) >= 11 is 0. The van der Waals surface area contributed by atoms with Gasteiger partial charge in [0, 0.05) is 40.3 Å². The molecule has 2 aromatic heterocycles. The van der Waals surface area contributed by atoms with Gasteiger partial charge in [-0.3, -0.25) is 4.98 Å². The van der Waals surface area contributed by atoms with Crippen molar-refractivity contribution in [2.24, 2.45) is 0 Å². The molecular weight excluding hydrogens is 270 g/mol. The summed E-state index contributed by atoms with van der Waals surface area (Å²) in [5, 5.41) is 3.26. The van der Waals surface area contributed by atoms with Crippen molar-refractivity contribution >= 4 is 21.7 Å². The number of nitrogens with zero attached hydrogens (tertiary/aromatic N) is 3. The summed E-state index contributed by atoms with van der Waals surface area (Å²) in [7, 11) is 0. The first kappa shape index (κ1) is 12.9. The minimum absolute atomic E-state index is 0.764. The molecule has 0 saturated heterocycles. The number of benzene rings is 2. The number of hydrogen-bond donors (Lipinski definition) is 0. The third kappa shape index (κ3) is 2.02. The quantitative estimate of drug-likeness (QED) is 0.485. The van der Waals surface area contributed by atoms with Crippen molar-refractivity contribution in [1.29, 1.82) is 0 Å². The van der Waals surface area contributed by atoms with Crippen molar-refractivity contribution in [2.45, 2.75) is 13.8 Å². The maximum atomic E-state index is 4.81. The van der Waals surface area contributed by atoms with Crippen molar-refractivity contribution in [1.82, 2.24) is 15.0 Å². The zero-order chi connectivity index (χ0) is 15.1. The molecule has 2 heterocycles. The monoisotopic (exact) mass is 285 g/mol. The molecule has 0 spiro atoms. The summed E-state index contributed by atoms with van der Waals surface area (Å²) in [6.45, 7) is 4.22. The van der Waals surface area contributed by atoms with Gasteiger partial charge in [-0.1, -0.05) is 24.3 Å². The number of pyridine rings is 1. The Morgan fingerprint density at radius 1 is 0.818 bits per heavy atom. The second-order valence-electron chi connectivity index (χ2n) is 5.59. The molecule has 106 valence electrons. The molecule has 3 nitrogen and oxygen atoms in total. The molecular formula is C19H15N3. The van der Waals surface area contributed by atoms with Gasteiger partial charge in [0.15, 0.2) is 5.82 Å². The maximum absolute atomic E-state index is 4.81. The Hall–Kier alpha value is -2.81. The van der Waals surface area contributed by atoms with Gasteiger partial charge >= 0.3 is 0 Å². The number of fused-ring (bicyclic) bond motifs is 3. The van der Waals surface area contributed by atoms with Crippen LogP contribution in [0.5, 0.6) is 0 Å². The van der Waals surface area contributed by atoms with Crippen LogP contribution in [0, 0.1) is 13.8 Å². The SMILES string of the molecule is Cc1ccc(-c2ncc3ccc4cnccc4c3n2)cc1C. The van der Waals surface area contributed by atoms with Gasteiger partial charge in [-0.25, -0.2) is 9.97 Å². The standard InChI is InChI=1S/C19H15N3/c1-12-3-4-14(9-13(12)2)19-21-11-16-6-5-15-10-20-8-7-17(15)18(16)22-19/h3-11H,1-2H3. The van der Waals surface area contributed by atoms with Gasteiger partial charge in [0.1, 0.15) is 0 Å². The van der Waals surface area contributed by atoms with Crippen molar-refractivity contribution < 1.29 is 0 Å². The molecule has 0 saturated carbocycles. The molecule has 4 rings (SSSR count). The van der Waals surface area contributed by atoms with Crippen LogP contribution < -0.4 is 0 Å². The first-order chi connectivity index (χ1) is 10.7. The molecule has 0 aliphatic rings. The average Bonchev–Trinajstić information content (AvgIpc) is 2.57. The van der Waals surface area contributed by atoms with Crippen LogP contribution in [-0.2, 0) is 0 Å². The van der Waals surface area contributed by atoms with Crippen LogP contribution in [0.15, 0.2) is 55.0 Å². The van der Waals surface area contributed by atoms with Crippen LogP contribution in [-0.4, -0.2) is 15.0 Å². The second-order valence-corrected chi connectivity index (χ2v) is 5.59. The fourth-order valence-electron chi connectivity index (χ4n) is 2.68. The van der Waals surface area contributed by atoms with Crippen LogP contribution in [0.1, 0.15) is 11.1 Å². The Morgan fingerprint density at radius 3 is 2.55 bits per heavy atom. The lowest BCUT2D eigenvalue weighted by atomic mass is 10.1. The van der Waals surface area contributed by atoms with E-state index in [0.29, 0.717) is 0 Å². The minimum Gasteiger partial charge on any atom is -0.264 e. The highest BCUT2D eigenvalue weighted by molar-refractivity contribution is 6.04. The fraction of sp³-hybridized carbons (Fsp3) is 0.105. The van der Waals surface area contributed by atoms with Crippen molar-refractivity contribution in [3.8, 4) is 11.4 Å². The highest BCUT2D eigenvalue weighted by Crippen LogP contribution is 2.25. The van der Waals surface area contributed by atoms with Gasteiger partial charge in [0.2, 0.25) is 0 Å². The molecule has 0 fully saturated rings. The van der Waals surface area contributed by atoms with Gasteiger partial charge in [-0.05, 0) is 37.1 Å². The molecule has 22 heavy (non-hydrogen) atoms. The van der Waals surface area contributed by atoms with Crippen LogP contribution in [0.25, 0.3) is 33.1 Å². The van der Waals surface area contributed by atoms with E-state index in [1.165, 1.54) is 11.1 Å². The van der Waals surface area contributed by atoms with E-state index >= 15 is 0 Å². The van der Waals surface area contributed by atoms with Crippen LogP contribution in [0.2, 0.25) is 0 Å². The Labute approximate surface area is 128 Å². The predicted octanol–water partition coefficient (Wildman–Crippen LogP) is 4.46. The number of aryl methyl sites for hydroxylation is 2. The lowest BCUT2D eigenvalue weighted by Crippen LogP contribution is -1.92. The van der Waals surface area contributed by atoms with Gasteiger partial charge in [0.05, 0.1) is 5.52 Å². The highest BCUT2D eigenvalue weighted by atomic mass is 14.9. The number of hydrogen-bond acceptors (Lipinski definition) is 3. The van der Waals surface area contributed by atoms with E-state index in [1.54, 1.807) is 6.20 Å². The smallest absolute Gasteiger partial charge is 0.159 e. The van der Waals surface area contributed by atoms with E-state index in [9.17, 15) is 0 Å². The second kappa shape index (κ2) is 4.88. The molecule has 0 aliphatic heterocycles. The Kier molecular flexibility index (Phi) is 2.86. The molecule has 0 unspecified atom stereocenters.